The quantitative estimate of drug-likeness (QED) is 0.892. The maximum absolute atomic E-state index is 13.0. The normalized spacial score (nSPS) is 10.7. The molecule has 0 aliphatic rings. The molecular weight excluding hydrogens is 230 g/mol. The van der Waals surface area contributed by atoms with Gasteiger partial charge in [0, 0.05) is 23.2 Å². The predicted molar refractivity (Wildman–Crippen MR) is 60.2 cm³/mol. The van der Waals surface area contributed by atoms with E-state index in [0.29, 0.717) is 10.6 Å². The summed E-state index contributed by atoms with van der Waals surface area (Å²) in [6.07, 6.45) is 1.73. The molecule has 1 heterocycles. The van der Waals surface area contributed by atoms with Crippen molar-refractivity contribution in [3.8, 4) is 10.6 Å². The molecule has 0 aliphatic carbocycles. The van der Waals surface area contributed by atoms with Gasteiger partial charge in [0.05, 0.1) is 0 Å². The van der Waals surface area contributed by atoms with Crippen molar-refractivity contribution in [1.29, 1.82) is 0 Å². The number of thiazole rings is 1. The number of hydrogen-bond acceptors (Lipinski definition) is 3. The van der Waals surface area contributed by atoms with Gasteiger partial charge in [-0.3, -0.25) is 0 Å². The van der Waals surface area contributed by atoms with E-state index in [9.17, 15) is 8.78 Å². The van der Waals surface area contributed by atoms with Crippen molar-refractivity contribution in [2.45, 2.75) is 6.54 Å². The Hall–Kier alpha value is -1.33. The molecule has 1 N–H and O–H groups in total. The highest BCUT2D eigenvalue weighted by Crippen LogP contribution is 2.26. The average Bonchev–Trinajstić information content (AvgIpc) is 2.71. The fourth-order valence-corrected chi connectivity index (χ4v) is 2.25. The van der Waals surface area contributed by atoms with Crippen LogP contribution >= 0.6 is 11.3 Å². The van der Waals surface area contributed by atoms with Crippen molar-refractivity contribution < 1.29 is 8.78 Å². The summed E-state index contributed by atoms with van der Waals surface area (Å²) in [6, 6.07) is 3.81. The third kappa shape index (κ3) is 2.25. The summed E-state index contributed by atoms with van der Waals surface area (Å²) < 4.78 is 25.7. The van der Waals surface area contributed by atoms with E-state index in [0.717, 1.165) is 23.6 Å². The molecule has 2 aromatic rings. The Morgan fingerprint density at radius 1 is 1.31 bits per heavy atom. The minimum atomic E-state index is -0.845. The number of halogens is 2. The van der Waals surface area contributed by atoms with Gasteiger partial charge in [-0.05, 0) is 25.2 Å². The molecule has 0 aliphatic heterocycles. The van der Waals surface area contributed by atoms with Gasteiger partial charge in [-0.25, -0.2) is 13.8 Å². The largest absolute Gasteiger partial charge is 0.315 e. The molecule has 0 fully saturated rings. The minimum Gasteiger partial charge on any atom is -0.315 e. The van der Waals surface area contributed by atoms with Gasteiger partial charge in [0.2, 0.25) is 0 Å². The summed E-state index contributed by atoms with van der Waals surface area (Å²) in [5, 5.41) is 3.70. The van der Waals surface area contributed by atoms with Crippen molar-refractivity contribution in [2.24, 2.45) is 0 Å². The number of hydrogen-bond donors (Lipinski definition) is 1. The molecule has 2 rings (SSSR count). The molecule has 1 aromatic heterocycles. The Morgan fingerprint density at radius 2 is 2.12 bits per heavy atom. The Labute approximate surface area is 96.0 Å². The topological polar surface area (TPSA) is 24.9 Å². The maximum atomic E-state index is 13.0. The van der Waals surface area contributed by atoms with Gasteiger partial charge in [0.15, 0.2) is 11.6 Å². The van der Waals surface area contributed by atoms with Gasteiger partial charge < -0.3 is 5.32 Å². The molecule has 0 bridgehead atoms. The van der Waals surface area contributed by atoms with E-state index in [4.69, 9.17) is 0 Å². The van der Waals surface area contributed by atoms with Gasteiger partial charge in [-0.1, -0.05) is 0 Å². The lowest BCUT2D eigenvalue weighted by molar-refractivity contribution is 0.509. The zero-order valence-corrected chi connectivity index (χ0v) is 9.44. The van der Waals surface area contributed by atoms with Crippen LogP contribution < -0.4 is 5.32 Å². The number of rotatable bonds is 3. The molecule has 2 nitrogen and oxygen atoms in total. The zero-order chi connectivity index (χ0) is 11.5. The average molecular weight is 240 g/mol. The van der Waals surface area contributed by atoms with Gasteiger partial charge in [0.25, 0.3) is 0 Å². The summed E-state index contributed by atoms with van der Waals surface area (Å²) in [4.78, 5) is 5.22. The lowest BCUT2D eigenvalue weighted by Crippen LogP contribution is -2.02. The first-order chi connectivity index (χ1) is 7.70. The molecule has 0 amide bonds. The zero-order valence-electron chi connectivity index (χ0n) is 8.63. The lowest BCUT2D eigenvalue weighted by Gasteiger charge is -1.97. The summed E-state index contributed by atoms with van der Waals surface area (Å²) in [7, 11) is 1.84. The molecule has 0 radical (unpaired) electrons. The number of nitrogens with zero attached hydrogens (tertiary/aromatic N) is 1. The monoisotopic (exact) mass is 240 g/mol. The maximum Gasteiger partial charge on any atom is 0.159 e. The highest BCUT2D eigenvalue weighted by molar-refractivity contribution is 7.15. The second-order valence-corrected chi connectivity index (χ2v) is 4.41. The van der Waals surface area contributed by atoms with Crippen molar-refractivity contribution >= 4 is 11.3 Å². The molecule has 0 saturated carbocycles. The molecule has 16 heavy (non-hydrogen) atoms. The fraction of sp³-hybridized carbons (Fsp3) is 0.182. The summed E-state index contributed by atoms with van der Waals surface area (Å²) >= 11 is 1.46. The lowest BCUT2D eigenvalue weighted by atomic mass is 10.2. The first-order valence-corrected chi connectivity index (χ1v) is 5.57. The predicted octanol–water partition coefficient (Wildman–Crippen LogP) is 2.81. The minimum absolute atomic E-state index is 0.603. The molecule has 1 aromatic carbocycles. The summed E-state index contributed by atoms with van der Waals surface area (Å²) in [5.41, 5.74) is 0.603. The van der Waals surface area contributed by atoms with Gasteiger partial charge in [-0.2, -0.15) is 0 Å². The van der Waals surface area contributed by atoms with Gasteiger partial charge in [-0.15, -0.1) is 11.3 Å². The van der Waals surface area contributed by atoms with Crippen molar-refractivity contribution in [2.75, 3.05) is 7.05 Å². The van der Waals surface area contributed by atoms with Crippen LogP contribution in [0.5, 0.6) is 0 Å². The van der Waals surface area contributed by atoms with Gasteiger partial charge >= 0.3 is 0 Å². The van der Waals surface area contributed by atoms with Crippen LogP contribution in [-0.2, 0) is 6.54 Å². The molecule has 0 spiro atoms. The second-order valence-electron chi connectivity index (χ2n) is 3.29. The smallest absolute Gasteiger partial charge is 0.159 e. The first kappa shape index (κ1) is 11.2. The third-order valence-electron chi connectivity index (χ3n) is 2.07. The molecule has 0 unspecified atom stereocenters. The van der Waals surface area contributed by atoms with E-state index in [-0.39, 0.29) is 0 Å². The standard InChI is InChI=1S/C11H10F2N2S/c1-14-5-8-6-15-11(16-8)7-2-3-9(12)10(13)4-7/h2-4,6,14H,5H2,1H3. The van der Waals surface area contributed by atoms with Crippen LogP contribution in [0.2, 0.25) is 0 Å². The van der Waals surface area contributed by atoms with Crippen molar-refractivity contribution in [3.05, 3.63) is 40.9 Å². The van der Waals surface area contributed by atoms with Gasteiger partial charge in [0.1, 0.15) is 5.01 Å². The van der Waals surface area contributed by atoms with Crippen LogP contribution in [0.1, 0.15) is 4.88 Å². The fourth-order valence-electron chi connectivity index (χ4n) is 1.33. The SMILES string of the molecule is CNCc1cnc(-c2ccc(F)c(F)c2)s1. The van der Waals surface area contributed by atoms with E-state index in [1.54, 1.807) is 6.20 Å². The van der Waals surface area contributed by atoms with Crippen molar-refractivity contribution in [3.63, 3.8) is 0 Å². The van der Waals surface area contributed by atoms with Crippen LogP contribution in [0.4, 0.5) is 8.78 Å². The first-order valence-electron chi connectivity index (χ1n) is 4.75. The highest BCUT2D eigenvalue weighted by Gasteiger charge is 2.07. The van der Waals surface area contributed by atoms with Crippen LogP contribution in [0.25, 0.3) is 10.6 Å². The van der Waals surface area contributed by atoms with E-state index in [2.05, 4.69) is 10.3 Å². The number of aromatic nitrogens is 1. The van der Waals surface area contributed by atoms with Crippen LogP contribution in [-0.4, -0.2) is 12.0 Å². The summed E-state index contributed by atoms with van der Waals surface area (Å²) in [5.74, 6) is -1.68. The Kier molecular flexibility index (Phi) is 3.26. The molecule has 84 valence electrons. The molecule has 0 saturated heterocycles. The Balaban J connectivity index is 2.31. The van der Waals surface area contributed by atoms with Crippen LogP contribution in [0.3, 0.4) is 0 Å². The van der Waals surface area contributed by atoms with E-state index >= 15 is 0 Å². The van der Waals surface area contributed by atoms with E-state index in [1.807, 2.05) is 7.05 Å². The molecule has 5 heteroatoms. The van der Waals surface area contributed by atoms with Crippen LogP contribution in [0, 0.1) is 11.6 Å². The molecular formula is C11H10F2N2S. The van der Waals surface area contributed by atoms with Crippen molar-refractivity contribution in [1.82, 2.24) is 10.3 Å². The molecule has 0 atom stereocenters. The Bertz CT molecular complexity index is 496. The van der Waals surface area contributed by atoms with E-state index < -0.39 is 11.6 Å². The van der Waals surface area contributed by atoms with Crippen LogP contribution in [0.15, 0.2) is 24.4 Å². The Morgan fingerprint density at radius 3 is 2.81 bits per heavy atom. The van der Waals surface area contributed by atoms with E-state index in [1.165, 1.54) is 17.4 Å². The summed E-state index contributed by atoms with van der Waals surface area (Å²) in [6.45, 7) is 0.724. The second kappa shape index (κ2) is 4.67. The third-order valence-corrected chi connectivity index (χ3v) is 3.12. The highest BCUT2D eigenvalue weighted by atomic mass is 32.1. The number of benzene rings is 1. The number of nitrogens with one attached hydrogen (secondary N) is 1.